The van der Waals surface area contributed by atoms with Crippen molar-refractivity contribution in [1.82, 2.24) is 0 Å². The van der Waals surface area contributed by atoms with Crippen LogP contribution in [0.5, 0.6) is 0 Å². The molecule has 0 fully saturated rings. The van der Waals surface area contributed by atoms with Gasteiger partial charge in [0.2, 0.25) is 0 Å². The molecule has 4 N–H and O–H groups in total. The molecule has 0 aromatic heterocycles. The summed E-state index contributed by atoms with van der Waals surface area (Å²) >= 11 is 0. The summed E-state index contributed by atoms with van der Waals surface area (Å²) in [6.45, 7) is 8.80. The lowest BCUT2D eigenvalue weighted by atomic mass is 10.0. The molecule has 0 saturated carbocycles. The molecule has 0 amide bonds. The van der Waals surface area contributed by atoms with Gasteiger partial charge in [-0.15, -0.1) is 0 Å². The van der Waals surface area contributed by atoms with Crippen LogP contribution in [0, 0.1) is 5.92 Å². The number of Topliss-reactive ketones (excluding diaryl/α,β-unsaturated/α-hetero) is 2. The van der Waals surface area contributed by atoms with E-state index in [0.717, 1.165) is 6.42 Å². The quantitative estimate of drug-likeness (QED) is 0.730. The molecule has 0 heterocycles. The fourth-order valence-corrected chi connectivity index (χ4v) is 0.674. The largest absolute Gasteiger partial charge is 0.322 e. The van der Waals surface area contributed by atoms with Crippen LogP contribution < -0.4 is 11.5 Å². The molecule has 0 bridgehead atoms. The SMILES string of the molecule is CC(=O)C(C)N.CC(=O)[C@@H](N)CC(C)C. The van der Waals surface area contributed by atoms with Crippen LogP contribution in [-0.4, -0.2) is 23.7 Å². The highest BCUT2D eigenvalue weighted by atomic mass is 16.1. The van der Waals surface area contributed by atoms with Crippen LogP contribution in [0.3, 0.4) is 0 Å². The third kappa shape index (κ3) is 13.3. The van der Waals surface area contributed by atoms with E-state index in [9.17, 15) is 9.59 Å². The second kappa shape index (κ2) is 8.56. The molecule has 1 unspecified atom stereocenters. The van der Waals surface area contributed by atoms with Gasteiger partial charge in [-0.2, -0.15) is 0 Å². The maximum Gasteiger partial charge on any atom is 0.146 e. The first-order valence-electron chi connectivity index (χ1n) is 5.20. The van der Waals surface area contributed by atoms with Crippen LogP contribution in [0.4, 0.5) is 0 Å². The third-order valence-electron chi connectivity index (χ3n) is 1.89. The molecule has 90 valence electrons. The smallest absolute Gasteiger partial charge is 0.146 e. The molecule has 0 radical (unpaired) electrons. The number of hydrogen-bond donors (Lipinski definition) is 2. The summed E-state index contributed by atoms with van der Waals surface area (Å²) in [5.41, 5.74) is 10.6. The summed E-state index contributed by atoms with van der Waals surface area (Å²) in [6.07, 6.45) is 0.801. The van der Waals surface area contributed by atoms with Crippen LogP contribution >= 0.6 is 0 Å². The van der Waals surface area contributed by atoms with Gasteiger partial charge in [-0.3, -0.25) is 9.59 Å². The number of rotatable bonds is 4. The first kappa shape index (κ1) is 16.7. The van der Waals surface area contributed by atoms with Crippen LogP contribution in [0.2, 0.25) is 0 Å². The van der Waals surface area contributed by atoms with Gasteiger partial charge in [0, 0.05) is 0 Å². The van der Waals surface area contributed by atoms with Gasteiger partial charge in [0.1, 0.15) is 11.6 Å². The van der Waals surface area contributed by atoms with Crippen molar-refractivity contribution < 1.29 is 9.59 Å². The van der Waals surface area contributed by atoms with Gasteiger partial charge < -0.3 is 11.5 Å². The minimum atomic E-state index is -0.287. The van der Waals surface area contributed by atoms with Gasteiger partial charge in [-0.05, 0) is 33.1 Å². The van der Waals surface area contributed by atoms with Gasteiger partial charge >= 0.3 is 0 Å². The standard InChI is InChI=1S/C7H15NO.C4H9NO/c1-5(2)4-7(8)6(3)9;1-3(5)4(2)6/h5,7H,4,8H2,1-3H3;3H,5H2,1-2H3/t7-;/m0./s1. The van der Waals surface area contributed by atoms with Crippen molar-refractivity contribution in [2.24, 2.45) is 17.4 Å². The molecule has 0 aliphatic carbocycles. The lowest BCUT2D eigenvalue weighted by Crippen LogP contribution is -2.29. The third-order valence-corrected chi connectivity index (χ3v) is 1.89. The lowest BCUT2D eigenvalue weighted by Gasteiger charge is -2.08. The number of ketones is 2. The summed E-state index contributed by atoms with van der Waals surface area (Å²) in [5, 5.41) is 0. The summed E-state index contributed by atoms with van der Waals surface area (Å²) in [4.78, 5) is 20.6. The van der Waals surface area contributed by atoms with Crippen molar-refractivity contribution >= 4 is 11.6 Å². The Balaban J connectivity index is 0. The van der Waals surface area contributed by atoms with Gasteiger partial charge in [-0.25, -0.2) is 0 Å². The van der Waals surface area contributed by atoms with E-state index in [2.05, 4.69) is 13.8 Å². The Labute approximate surface area is 92.4 Å². The minimum Gasteiger partial charge on any atom is -0.322 e. The summed E-state index contributed by atoms with van der Waals surface area (Å²) < 4.78 is 0. The van der Waals surface area contributed by atoms with E-state index in [1.807, 2.05) is 0 Å². The normalized spacial score (nSPS) is 13.9. The minimum absolute atomic E-state index is 0.0370. The Kier molecular flexibility index (Phi) is 9.52. The Bertz CT molecular complexity index is 201. The van der Waals surface area contributed by atoms with Crippen molar-refractivity contribution in [3.63, 3.8) is 0 Å². The van der Waals surface area contributed by atoms with E-state index in [0.29, 0.717) is 5.92 Å². The van der Waals surface area contributed by atoms with Gasteiger partial charge in [-0.1, -0.05) is 13.8 Å². The van der Waals surface area contributed by atoms with Gasteiger partial charge in [0.25, 0.3) is 0 Å². The fraction of sp³-hybridized carbons (Fsp3) is 0.818. The van der Waals surface area contributed by atoms with E-state index < -0.39 is 0 Å². The molecular weight excluding hydrogens is 192 g/mol. The highest BCUT2D eigenvalue weighted by Gasteiger charge is 2.08. The monoisotopic (exact) mass is 216 g/mol. The topological polar surface area (TPSA) is 86.2 Å². The summed E-state index contributed by atoms with van der Waals surface area (Å²) in [7, 11) is 0. The van der Waals surface area contributed by atoms with E-state index in [-0.39, 0.29) is 23.7 Å². The first-order chi connectivity index (χ1) is 6.68. The molecule has 0 saturated heterocycles. The Morgan fingerprint density at radius 3 is 1.40 bits per heavy atom. The van der Waals surface area contributed by atoms with Crippen molar-refractivity contribution in [3.05, 3.63) is 0 Å². The van der Waals surface area contributed by atoms with E-state index in [4.69, 9.17) is 11.5 Å². The molecule has 0 aromatic carbocycles. The molecule has 15 heavy (non-hydrogen) atoms. The fourth-order valence-electron chi connectivity index (χ4n) is 0.674. The highest BCUT2D eigenvalue weighted by molar-refractivity contribution is 5.81. The van der Waals surface area contributed by atoms with Crippen molar-refractivity contribution in [2.75, 3.05) is 0 Å². The van der Waals surface area contributed by atoms with Crippen molar-refractivity contribution in [1.29, 1.82) is 0 Å². The van der Waals surface area contributed by atoms with E-state index in [1.54, 1.807) is 6.92 Å². The Morgan fingerprint density at radius 1 is 1.00 bits per heavy atom. The molecule has 0 rings (SSSR count). The number of nitrogens with two attached hydrogens (primary N) is 2. The van der Waals surface area contributed by atoms with E-state index >= 15 is 0 Å². The summed E-state index contributed by atoms with van der Waals surface area (Å²) in [6, 6.07) is -0.532. The molecule has 0 aromatic rings. The zero-order valence-corrected chi connectivity index (χ0v) is 10.4. The zero-order valence-electron chi connectivity index (χ0n) is 10.4. The molecule has 2 atom stereocenters. The van der Waals surface area contributed by atoms with Crippen molar-refractivity contribution in [3.8, 4) is 0 Å². The van der Waals surface area contributed by atoms with Crippen molar-refractivity contribution in [2.45, 2.75) is 53.1 Å². The molecular formula is C11H24N2O2. The second-order valence-corrected chi connectivity index (χ2v) is 4.25. The predicted octanol–water partition coefficient (Wildman–Crippen LogP) is 0.871. The zero-order chi connectivity index (χ0) is 12.6. The average Bonchev–Trinajstić information content (AvgIpc) is 2.03. The van der Waals surface area contributed by atoms with Crippen LogP contribution in [0.15, 0.2) is 0 Å². The Morgan fingerprint density at radius 2 is 1.33 bits per heavy atom. The maximum atomic E-state index is 10.6. The molecule has 4 heteroatoms. The average molecular weight is 216 g/mol. The molecule has 0 aliphatic rings. The Hall–Kier alpha value is -0.740. The second-order valence-electron chi connectivity index (χ2n) is 4.25. The molecule has 0 aliphatic heterocycles. The molecule has 4 nitrogen and oxygen atoms in total. The van der Waals surface area contributed by atoms with Crippen LogP contribution in [0.25, 0.3) is 0 Å². The number of carbonyl (C=O) groups is 2. The highest BCUT2D eigenvalue weighted by Crippen LogP contribution is 2.02. The number of hydrogen-bond acceptors (Lipinski definition) is 4. The maximum absolute atomic E-state index is 10.6. The van der Waals surface area contributed by atoms with Gasteiger partial charge in [0.05, 0.1) is 12.1 Å². The van der Waals surface area contributed by atoms with Crippen LogP contribution in [-0.2, 0) is 9.59 Å². The van der Waals surface area contributed by atoms with Gasteiger partial charge in [0.15, 0.2) is 0 Å². The predicted molar refractivity (Wildman–Crippen MR) is 62.4 cm³/mol. The lowest BCUT2D eigenvalue weighted by molar-refractivity contribution is -0.119. The van der Waals surface area contributed by atoms with Crippen LogP contribution in [0.1, 0.15) is 41.0 Å². The number of carbonyl (C=O) groups excluding carboxylic acids is 2. The molecule has 0 spiro atoms. The summed E-state index contributed by atoms with van der Waals surface area (Å²) in [5.74, 6) is 0.641. The first-order valence-corrected chi connectivity index (χ1v) is 5.20. The van der Waals surface area contributed by atoms with E-state index in [1.165, 1.54) is 13.8 Å².